The van der Waals surface area contributed by atoms with Gasteiger partial charge in [0.2, 0.25) is 0 Å². The number of carbonyl (C=O) groups is 4. The van der Waals surface area contributed by atoms with Crippen molar-refractivity contribution in [3.8, 4) is 0 Å². The summed E-state index contributed by atoms with van der Waals surface area (Å²) in [5.74, 6) is 2.28. The third-order valence-electron chi connectivity index (χ3n) is 19.1. The first-order valence-electron chi connectivity index (χ1n) is 41.2. The van der Waals surface area contributed by atoms with Crippen molar-refractivity contribution in [1.29, 1.82) is 0 Å². The first kappa shape index (κ1) is 93.3. The van der Waals surface area contributed by atoms with Crippen molar-refractivity contribution in [3.05, 3.63) is 20.4 Å². The Hall–Kier alpha value is -3.72. The maximum Gasteiger partial charge on any atom is 0.407 e. The highest BCUT2D eigenvalue weighted by Gasteiger charge is 2.20. The predicted octanol–water partition coefficient (Wildman–Crippen LogP) is 21.2. The van der Waals surface area contributed by atoms with E-state index in [0.717, 1.165) is 172 Å². The molecule has 0 saturated heterocycles. The van der Waals surface area contributed by atoms with Crippen LogP contribution in [0, 0.1) is 17.8 Å². The minimum absolute atomic E-state index is 0.0230. The molecule has 97 heavy (non-hydrogen) atoms. The smallest absolute Gasteiger partial charge is 0.407 e. The molecule has 4 N–H and O–H groups in total. The largest absolute Gasteiger partial charge is 0.466 e. The maximum atomic E-state index is 12.4. The molecule has 1 rings (SSSR count). The van der Waals surface area contributed by atoms with Gasteiger partial charge in [-0.25, -0.2) is 4.79 Å². The quantitative estimate of drug-likeness (QED) is 0.0208. The summed E-state index contributed by atoms with van der Waals surface area (Å²) in [5, 5.41) is 12.2. The number of amides is 1. The Morgan fingerprint density at radius 1 is 0.361 bits per heavy atom. The zero-order chi connectivity index (χ0) is 71.5. The zero-order valence-corrected chi connectivity index (χ0v) is 65.2. The molecule has 1 amide bonds. The highest BCUT2D eigenvalue weighted by Crippen LogP contribution is 2.26. The van der Waals surface area contributed by atoms with Crippen molar-refractivity contribution >= 4 is 35.4 Å². The molecule has 570 valence electrons. The van der Waals surface area contributed by atoms with E-state index in [4.69, 9.17) is 18.9 Å². The average Bonchev–Trinajstić information content (AvgIpc) is 0.793. The number of carbonyl (C=O) groups excluding carboxylic acids is 4. The number of esters is 3. The van der Waals surface area contributed by atoms with Crippen molar-refractivity contribution in [2.24, 2.45) is 17.8 Å². The molecule has 0 aliphatic heterocycles. The second-order valence-electron chi connectivity index (χ2n) is 29.5. The van der Waals surface area contributed by atoms with E-state index < -0.39 is 16.5 Å². The minimum atomic E-state index is -0.451. The Morgan fingerprint density at radius 2 is 0.680 bits per heavy atom. The Morgan fingerprint density at radius 3 is 1.04 bits per heavy atom. The average molecular weight is 1370 g/mol. The lowest BCUT2D eigenvalue weighted by Crippen LogP contribution is -2.37. The summed E-state index contributed by atoms with van der Waals surface area (Å²) in [7, 11) is 1.67. The van der Waals surface area contributed by atoms with Crippen LogP contribution in [0.2, 0.25) is 0 Å². The van der Waals surface area contributed by atoms with E-state index in [1.807, 2.05) is 20.8 Å². The molecule has 1 aromatic carbocycles. The molecule has 15 nitrogen and oxygen atoms in total. The molecule has 0 radical (unpaired) electrons. The van der Waals surface area contributed by atoms with Crippen molar-refractivity contribution in [1.82, 2.24) is 15.5 Å². The molecule has 0 heterocycles. The maximum absolute atomic E-state index is 12.4. The summed E-state index contributed by atoms with van der Waals surface area (Å²) >= 11 is 0. The lowest BCUT2D eigenvalue weighted by molar-refractivity contribution is -0.144. The van der Waals surface area contributed by atoms with Crippen molar-refractivity contribution < 1.29 is 38.1 Å². The van der Waals surface area contributed by atoms with Crippen molar-refractivity contribution in [2.75, 3.05) is 83.3 Å². The number of rotatable bonds is 70. The van der Waals surface area contributed by atoms with E-state index in [2.05, 4.69) is 67.7 Å². The Kier molecular flexibility index (Phi) is 65.5. The topological polar surface area (TPSA) is 191 Å². The van der Waals surface area contributed by atoms with Gasteiger partial charge in [-0.15, -0.1) is 0 Å². The fourth-order valence-electron chi connectivity index (χ4n) is 13.1. The predicted molar refractivity (Wildman–Crippen MR) is 411 cm³/mol. The molecule has 0 unspecified atom stereocenters. The van der Waals surface area contributed by atoms with Gasteiger partial charge in [0.15, 0.2) is 0 Å². The lowest BCUT2D eigenvalue weighted by Gasteiger charge is -2.23. The molecule has 15 heteroatoms. The van der Waals surface area contributed by atoms with Gasteiger partial charge in [-0.1, -0.05) is 253 Å². The van der Waals surface area contributed by atoms with Crippen LogP contribution in [0.1, 0.15) is 383 Å². The van der Waals surface area contributed by atoms with Gasteiger partial charge >= 0.3 is 24.0 Å². The number of nitrogens with one attached hydrogen (secondary N) is 4. The molecular formula is C82H157N5O10. The second-order valence-corrected chi connectivity index (χ2v) is 29.5. The SMILES string of the molecule is CCCCCC(CCCCC)CCCOC(=O)CCCCCCCN(CCCCCCCC(=O)OCCCC(CCCCC)CCCCC)CCCNc1c(NC)c(=O)c1=O.CCCCCC(CCCCC)CCCOC(=O)CCCCCCCNCCCNC(=O)OC(C)(C)C. The van der Waals surface area contributed by atoms with Gasteiger partial charge in [-0.05, 0) is 161 Å². The molecule has 0 saturated carbocycles. The number of alkyl carbamates (subject to hydrolysis) is 1. The van der Waals surface area contributed by atoms with E-state index in [9.17, 15) is 28.8 Å². The van der Waals surface area contributed by atoms with Crippen LogP contribution in [0.5, 0.6) is 0 Å². The Balaban J connectivity index is 0.00000218. The molecule has 0 atom stereocenters. The molecule has 0 aliphatic rings. The molecule has 0 aliphatic carbocycles. The van der Waals surface area contributed by atoms with Crippen LogP contribution in [0.25, 0.3) is 0 Å². The monoisotopic (exact) mass is 1370 g/mol. The number of ether oxygens (including phenoxy) is 4. The minimum Gasteiger partial charge on any atom is -0.466 e. The van der Waals surface area contributed by atoms with E-state index in [-0.39, 0.29) is 24.0 Å². The fourth-order valence-corrected chi connectivity index (χ4v) is 13.1. The van der Waals surface area contributed by atoms with Crippen LogP contribution in [0.4, 0.5) is 16.2 Å². The van der Waals surface area contributed by atoms with E-state index in [1.165, 1.54) is 180 Å². The highest BCUT2D eigenvalue weighted by molar-refractivity contribution is 5.73. The van der Waals surface area contributed by atoms with Gasteiger partial charge in [-0.3, -0.25) is 24.0 Å². The van der Waals surface area contributed by atoms with Gasteiger partial charge in [0, 0.05) is 39.4 Å². The van der Waals surface area contributed by atoms with E-state index in [1.54, 1.807) is 7.05 Å². The number of hydrogen-bond acceptors (Lipinski definition) is 14. The van der Waals surface area contributed by atoms with Crippen LogP contribution in [-0.4, -0.2) is 107 Å². The highest BCUT2D eigenvalue weighted by atomic mass is 16.6. The second kappa shape index (κ2) is 68.1. The first-order chi connectivity index (χ1) is 47.1. The van der Waals surface area contributed by atoms with Crippen LogP contribution in [-0.2, 0) is 33.3 Å². The lowest BCUT2D eigenvalue weighted by atomic mass is 9.91. The molecule has 0 fully saturated rings. The fraction of sp³-hybridized carbons (Fsp3) is 0.902. The summed E-state index contributed by atoms with van der Waals surface area (Å²) in [6.07, 6.45) is 57.3. The van der Waals surface area contributed by atoms with Crippen LogP contribution < -0.4 is 32.1 Å². The zero-order valence-electron chi connectivity index (χ0n) is 65.2. The van der Waals surface area contributed by atoms with Crippen LogP contribution in [0.15, 0.2) is 9.59 Å². The molecule has 0 aromatic heterocycles. The summed E-state index contributed by atoms with van der Waals surface area (Å²) < 4.78 is 21.9. The Labute approximate surface area is 596 Å². The molecule has 1 aromatic rings. The number of unbranched alkanes of at least 4 members (excludes halogenated alkanes) is 24. The summed E-state index contributed by atoms with van der Waals surface area (Å²) in [4.78, 5) is 74.6. The van der Waals surface area contributed by atoms with Gasteiger partial charge in [0.1, 0.15) is 17.0 Å². The standard InChI is InChI=1S/C52H97N3O6.C30H60N2O4/c1-6-10-20-31-45(32-21-11-7-2)35-28-43-60-47(56)37-24-16-14-18-26-40-55(42-30-39-54-50-49(53-5)51(58)52(50)59)41-27-19-15-17-25-38-48(57)61-44-29-36-46(33-22-12-8-3)34-23-13-9-4;1-6-8-13-19-27(20-14-9-7-2)21-17-26-35-28(33)22-15-11-10-12-16-23-31-24-18-25-32-29(34)36-30(3,4)5/h45-46,53-54H,6-44H2,1-5H3;27,31H,6-26H2,1-5H3,(H,32,34). The molecule has 0 spiro atoms. The van der Waals surface area contributed by atoms with Gasteiger partial charge in [0.05, 0.1) is 19.8 Å². The normalized spacial score (nSPS) is 11.6. The third-order valence-corrected chi connectivity index (χ3v) is 19.1. The van der Waals surface area contributed by atoms with Crippen LogP contribution in [0.3, 0.4) is 0 Å². The number of anilines is 2. The van der Waals surface area contributed by atoms with Gasteiger partial charge in [-0.2, -0.15) is 0 Å². The van der Waals surface area contributed by atoms with Crippen LogP contribution >= 0.6 is 0 Å². The summed E-state index contributed by atoms with van der Waals surface area (Å²) in [5.41, 5.74) is -0.512. The number of hydrogen-bond donors (Lipinski definition) is 4. The Bertz CT molecular complexity index is 1930. The van der Waals surface area contributed by atoms with Crippen molar-refractivity contribution in [2.45, 2.75) is 389 Å². The van der Waals surface area contributed by atoms with Gasteiger partial charge < -0.3 is 45.1 Å². The van der Waals surface area contributed by atoms with Crippen molar-refractivity contribution in [3.63, 3.8) is 0 Å². The molecular weight excluding hydrogens is 1210 g/mol. The van der Waals surface area contributed by atoms with Gasteiger partial charge in [0.25, 0.3) is 10.9 Å². The summed E-state index contributed by atoms with van der Waals surface area (Å²) in [6.45, 7) is 27.1. The summed E-state index contributed by atoms with van der Waals surface area (Å²) in [6, 6.07) is 0. The van der Waals surface area contributed by atoms with E-state index >= 15 is 0 Å². The van der Waals surface area contributed by atoms with E-state index in [0.29, 0.717) is 63.5 Å². The molecule has 0 bridgehead atoms. The number of nitrogens with zero attached hydrogens (tertiary/aromatic N) is 1. The third kappa shape index (κ3) is 59.7. The first-order valence-corrected chi connectivity index (χ1v) is 41.2.